The fourth-order valence-electron chi connectivity index (χ4n) is 3.79. The maximum absolute atomic E-state index is 13.6. The molecule has 1 aliphatic rings. The molecule has 0 heterocycles. The SMILES string of the molecule is CCOP(=O)(OCC)[C@H](N[C@@H](COC)c1ccccc1)C1CCCCC1. The van der Waals surface area contributed by atoms with E-state index in [1.165, 1.54) is 19.3 Å². The standard InChI is InChI=1S/C20H34NO4P/c1-4-24-26(22,25-5-2)20(18-14-10-7-11-15-18)21-19(16-23-3)17-12-8-6-9-13-17/h6,8-9,12-13,18-21H,4-5,7,10-11,14-16H2,1-3H3/t19-,20-/m0/s1. The van der Waals surface area contributed by atoms with Gasteiger partial charge in [0.1, 0.15) is 5.78 Å². The Morgan fingerprint density at radius 1 is 1.08 bits per heavy atom. The minimum absolute atomic E-state index is 0.0534. The van der Waals surface area contributed by atoms with E-state index in [9.17, 15) is 4.57 Å². The normalized spacial score (nSPS) is 18.6. The van der Waals surface area contributed by atoms with Crippen LogP contribution in [0.15, 0.2) is 30.3 Å². The Kier molecular flexibility index (Phi) is 9.30. The Morgan fingerprint density at radius 2 is 1.69 bits per heavy atom. The van der Waals surface area contributed by atoms with Gasteiger partial charge in [-0.3, -0.25) is 9.88 Å². The van der Waals surface area contributed by atoms with E-state index in [1.807, 2.05) is 32.0 Å². The summed E-state index contributed by atoms with van der Waals surface area (Å²) in [4.78, 5) is 0. The fourth-order valence-corrected chi connectivity index (χ4v) is 6.08. The van der Waals surface area contributed by atoms with Crippen molar-refractivity contribution in [3.05, 3.63) is 35.9 Å². The molecule has 1 aliphatic carbocycles. The zero-order chi connectivity index (χ0) is 18.8. The van der Waals surface area contributed by atoms with Crippen LogP contribution in [-0.2, 0) is 18.3 Å². The third-order valence-corrected chi connectivity index (χ3v) is 7.45. The quantitative estimate of drug-likeness (QED) is 0.537. The van der Waals surface area contributed by atoms with Gasteiger partial charge in [-0.2, -0.15) is 0 Å². The molecule has 0 spiro atoms. The average molecular weight is 383 g/mol. The zero-order valence-corrected chi connectivity index (χ0v) is 17.3. The third-order valence-electron chi connectivity index (χ3n) is 4.96. The first-order chi connectivity index (χ1) is 12.6. The molecule has 148 valence electrons. The molecule has 1 aromatic carbocycles. The van der Waals surface area contributed by atoms with Crippen molar-refractivity contribution in [1.29, 1.82) is 0 Å². The van der Waals surface area contributed by atoms with E-state index in [-0.39, 0.29) is 17.7 Å². The van der Waals surface area contributed by atoms with Gasteiger partial charge in [-0.1, -0.05) is 49.6 Å². The van der Waals surface area contributed by atoms with E-state index < -0.39 is 7.60 Å². The van der Waals surface area contributed by atoms with Crippen LogP contribution in [0.3, 0.4) is 0 Å². The van der Waals surface area contributed by atoms with Gasteiger partial charge in [0, 0.05) is 7.11 Å². The van der Waals surface area contributed by atoms with E-state index >= 15 is 0 Å². The molecule has 1 fully saturated rings. The molecule has 0 aliphatic heterocycles. The first-order valence-corrected chi connectivity index (χ1v) is 11.4. The number of hydrogen-bond acceptors (Lipinski definition) is 5. The molecule has 0 radical (unpaired) electrons. The molecule has 2 rings (SSSR count). The molecule has 1 N–H and O–H groups in total. The van der Waals surface area contributed by atoms with Crippen LogP contribution in [0.4, 0.5) is 0 Å². The molecular formula is C20H34NO4P. The summed E-state index contributed by atoms with van der Waals surface area (Å²) in [7, 11) is -1.57. The molecule has 0 bridgehead atoms. The third kappa shape index (κ3) is 5.90. The average Bonchev–Trinajstić information content (AvgIpc) is 2.67. The van der Waals surface area contributed by atoms with Crippen LogP contribution in [0, 0.1) is 5.92 Å². The smallest absolute Gasteiger partial charge is 0.347 e. The number of methoxy groups -OCH3 is 1. The lowest BCUT2D eigenvalue weighted by Crippen LogP contribution is -2.42. The second-order valence-corrected chi connectivity index (χ2v) is 8.96. The first kappa shape index (κ1) is 21.6. The lowest BCUT2D eigenvalue weighted by atomic mass is 9.88. The van der Waals surface area contributed by atoms with Crippen LogP contribution in [0.5, 0.6) is 0 Å². The topological polar surface area (TPSA) is 56.8 Å². The van der Waals surface area contributed by atoms with Crippen molar-refractivity contribution in [2.45, 2.75) is 57.8 Å². The maximum Gasteiger partial charge on any atom is 0.347 e. The number of benzene rings is 1. The van der Waals surface area contributed by atoms with Gasteiger partial charge in [-0.15, -0.1) is 0 Å². The van der Waals surface area contributed by atoms with Crippen molar-refractivity contribution in [3.63, 3.8) is 0 Å². The Bertz CT molecular complexity index is 538. The molecule has 6 heteroatoms. The molecule has 0 unspecified atom stereocenters. The second kappa shape index (κ2) is 11.2. The Morgan fingerprint density at radius 3 is 2.23 bits per heavy atom. The van der Waals surface area contributed by atoms with E-state index in [0.29, 0.717) is 19.8 Å². The first-order valence-electron chi connectivity index (χ1n) is 9.83. The summed E-state index contributed by atoms with van der Waals surface area (Å²) in [5.41, 5.74) is 1.12. The van der Waals surface area contributed by atoms with E-state index in [2.05, 4.69) is 17.4 Å². The number of nitrogens with one attached hydrogen (secondary N) is 1. The van der Waals surface area contributed by atoms with E-state index in [4.69, 9.17) is 13.8 Å². The summed E-state index contributed by atoms with van der Waals surface area (Å²) in [5.74, 6) is -0.0289. The number of hydrogen-bond donors (Lipinski definition) is 1. The Balaban J connectivity index is 2.30. The molecule has 0 amide bonds. The van der Waals surface area contributed by atoms with Gasteiger partial charge >= 0.3 is 7.60 Å². The number of ether oxygens (including phenoxy) is 1. The van der Waals surface area contributed by atoms with Crippen molar-refractivity contribution in [3.8, 4) is 0 Å². The van der Waals surface area contributed by atoms with Crippen molar-refractivity contribution in [2.24, 2.45) is 5.92 Å². The zero-order valence-electron chi connectivity index (χ0n) is 16.4. The van der Waals surface area contributed by atoms with Crippen LogP contribution < -0.4 is 5.32 Å². The summed E-state index contributed by atoms with van der Waals surface area (Å²) < 4.78 is 30.5. The highest BCUT2D eigenvalue weighted by Gasteiger charge is 2.42. The minimum atomic E-state index is -3.26. The van der Waals surface area contributed by atoms with Gasteiger partial charge in [-0.25, -0.2) is 0 Å². The molecule has 1 saturated carbocycles. The van der Waals surface area contributed by atoms with Crippen LogP contribution in [0.25, 0.3) is 0 Å². The molecule has 5 nitrogen and oxygen atoms in total. The van der Waals surface area contributed by atoms with Crippen molar-refractivity contribution < 1.29 is 18.3 Å². The van der Waals surface area contributed by atoms with Crippen LogP contribution in [-0.4, -0.2) is 32.7 Å². The maximum atomic E-state index is 13.6. The van der Waals surface area contributed by atoms with Gasteiger partial charge in [0.05, 0.1) is 25.9 Å². The second-order valence-electron chi connectivity index (χ2n) is 6.80. The van der Waals surface area contributed by atoms with Crippen molar-refractivity contribution in [2.75, 3.05) is 26.9 Å². The highest BCUT2D eigenvalue weighted by atomic mass is 31.2. The molecule has 0 aromatic heterocycles. The van der Waals surface area contributed by atoms with Gasteiger partial charge in [-0.05, 0) is 38.2 Å². The Hall–Kier alpha value is -0.710. The van der Waals surface area contributed by atoms with Crippen molar-refractivity contribution >= 4 is 7.60 Å². The largest absolute Gasteiger partial charge is 0.383 e. The molecule has 1 aromatic rings. The summed E-state index contributed by atoms with van der Waals surface area (Å²) in [6.45, 7) is 5.00. The summed E-state index contributed by atoms with van der Waals surface area (Å²) >= 11 is 0. The summed E-state index contributed by atoms with van der Waals surface area (Å²) in [6, 6.07) is 10.1. The minimum Gasteiger partial charge on any atom is -0.383 e. The van der Waals surface area contributed by atoms with Gasteiger partial charge in [0.15, 0.2) is 0 Å². The van der Waals surface area contributed by atoms with E-state index in [1.54, 1.807) is 7.11 Å². The summed E-state index contributed by atoms with van der Waals surface area (Å²) in [6.07, 6.45) is 5.69. The van der Waals surface area contributed by atoms with Crippen LogP contribution in [0.1, 0.15) is 57.6 Å². The monoisotopic (exact) mass is 383 g/mol. The molecular weight excluding hydrogens is 349 g/mol. The number of rotatable bonds is 11. The van der Waals surface area contributed by atoms with E-state index in [0.717, 1.165) is 18.4 Å². The summed E-state index contributed by atoms with van der Waals surface area (Å²) in [5, 5.41) is 3.61. The van der Waals surface area contributed by atoms with Crippen LogP contribution >= 0.6 is 7.60 Å². The van der Waals surface area contributed by atoms with Gasteiger partial charge < -0.3 is 13.8 Å². The lowest BCUT2D eigenvalue weighted by molar-refractivity contribution is 0.144. The molecule has 0 saturated heterocycles. The van der Waals surface area contributed by atoms with Gasteiger partial charge in [0.2, 0.25) is 0 Å². The highest BCUT2D eigenvalue weighted by molar-refractivity contribution is 7.54. The highest BCUT2D eigenvalue weighted by Crippen LogP contribution is 2.56. The fraction of sp³-hybridized carbons (Fsp3) is 0.700. The predicted octanol–water partition coefficient (Wildman–Crippen LogP) is 5.14. The molecule has 26 heavy (non-hydrogen) atoms. The van der Waals surface area contributed by atoms with Gasteiger partial charge in [0.25, 0.3) is 0 Å². The van der Waals surface area contributed by atoms with Crippen molar-refractivity contribution in [1.82, 2.24) is 5.32 Å². The Labute approximate surface area is 158 Å². The van der Waals surface area contributed by atoms with Crippen LogP contribution in [0.2, 0.25) is 0 Å². The lowest BCUT2D eigenvalue weighted by Gasteiger charge is -2.37. The molecule has 2 atom stereocenters. The predicted molar refractivity (Wildman–Crippen MR) is 105 cm³/mol.